The zero-order valence-corrected chi connectivity index (χ0v) is 18.8. The SMILES string of the molecule is CCNC(=NCC1(O)CCSC1)N1CCN(Cc2cccs2)CC1.I. The van der Waals surface area contributed by atoms with E-state index in [0.717, 1.165) is 63.2 Å². The molecule has 1 atom stereocenters. The van der Waals surface area contributed by atoms with Gasteiger partial charge in [0.05, 0.1) is 12.1 Å². The van der Waals surface area contributed by atoms with Crippen LogP contribution in [-0.4, -0.2) is 77.2 Å². The largest absolute Gasteiger partial charge is 0.387 e. The molecule has 3 heterocycles. The molecule has 1 aromatic heterocycles. The third-order valence-corrected chi connectivity index (χ3v) is 6.67. The van der Waals surface area contributed by atoms with E-state index < -0.39 is 5.60 Å². The second-order valence-corrected chi connectivity index (χ2v) is 8.68. The van der Waals surface area contributed by atoms with Crippen molar-refractivity contribution in [3.8, 4) is 0 Å². The molecule has 0 bridgehead atoms. The van der Waals surface area contributed by atoms with E-state index in [1.54, 1.807) is 0 Å². The summed E-state index contributed by atoms with van der Waals surface area (Å²) < 4.78 is 0. The van der Waals surface area contributed by atoms with Gasteiger partial charge in [0.1, 0.15) is 0 Å². The summed E-state index contributed by atoms with van der Waals surface area (Å²) in [6.45, 7) is 8.62. The van der Waals surface area contributed by atoms with Gasteiger partial charge in [-0.3, -0.25) is 9.89 Å². The number of halogens is 1. The lowest BCUT2D eigenvalue weighted by Gasteiger charge is -2.36. The first-order valence-electron chi connectivity index (χ1n) is 8.77. The summed E-state index contributed by atoms with van der Waals surface area (Å²) in [6.07, 6.45) is 0.856. The van der Waals surface area contributed by atoms with Crippen molar-refractivity contribution in [3.05, 3.63) is 22.4 Å². The van der Waals surface area contributed by atoms with Crippen molar-refractivity contribution in [2.75, 3.05) is 50.8 Å². The van der Waals surface area contributed by atoms with Crippen molar-refractivity contribution in [2.45, 2.75) is 25.5 Å². The van der Waals surface area contributed by atoms with Gasteiger partial charge < -0.3 is 15.3 Å². The number of hydrogen-bond acceptors (Lipinski definition) is 5. The van der Waals surface area contributed by atoms with Gasteiger partial charge in [0.25, 0.3) is 0 Å². The van der Waals surface area contributed by atoms with Crippen LogP contribution < -0.4 is 5.32 Å². The van der Waals surface area contributed by atoms with E-state index in [1.807, 2.05) is 23.1 Å². The molecule has 5 nitrogen and oxygen atoms in total. The molecule has 2 fully saturated rings. The topological polar surface area (TPSA) is 51.1 Å². The van der Waals surface area contributed by atoms with Crippen molar-refractivity contribution in [3.63, 3.8) is 0 Å². The average Bonchev–Trinajstić information content (AvgIpc) is 3.25. The summed E-state index contributed by atoms with van der Waals surface area (Å²) >= 11 is 3.66. The zero-order chi connectivity index (χ0) is 16.8. The number of rotatable bonds is 5. The molecule has 0 radical (unpaired) electrons. The lowest BCUT2D eigenvalue weighted by atomic mass is 10.0. The minimum Gasteiger partial charge on any atom is -0.387 e. The number of thioether (sulfide) groups is 1. The van der Waals surface area contributed by atoms with Crippen LogP contribution in [0.2, 0.25) is 0 Å². The Hall–Kier alpha value is -0.0300. The molecule has 142 valence electrons. The first-order valence-corrected chi connectivity index (χ1v) is 10.8. The van der Waals surface area contributed by atoms with Crippen molar-refractivity contribution >= 4 is 53.0 Å². The van der Waals surface area contributed by atoms with Crippen molar-refractivity contribution in [1.29, 1.82) is 0 Å². The van der Waals surface area contributed by atoms with Crippen LogP contribution in [0.5, 0.6) is 0 Å². The molecule has 3 rings (SSSR count). The van der Waals surface area contributed by atoms with Gasteiger partial charge in [0.15, 0.2) is 5.96 Å². The second kappa shape index (κ2) is 10.3. The number of hydrogen-bond donors (Lipinski definition) is 2. The molecule has 0 aromatic carbocycles. The predicted molar refractivity (Wildman–Crippen MR) is 119 cm³/mol. The first-order chi connectivity index (χ1) is 11.7. The van der Waals surface area contributed by atoms with E-state index >= 15 is 0 Å². The standard InChI is InChI=1S/C17H28N4OS2.HI/c1-2-18-16(19-13-17(22)5-11-23-14-17)21-8-6-20(7-9-21)12-15-4-3-10-24-15;/h3-4,10,22H,2,5-9,11-14H2,1H3,(H,18,19);1H. The van der Waals surface area contributed by atoms with Gasteiger partial charge in [0.2, 0.25) is 0 Å². The molecule has 2 aliphatic rings. The molecule has 1 aromatic rings. The Kier molecular flexibility index (Phi) is 8.80. The van der Waals surface area contributed by atoms with Gasteiger partial charge in [-0.05, 0) is 30.5 Å². The minimum absolute atomic E-state index is 0. The van der Waals surface area contributed by atoms with Crippen LogP contribution in [0.1, 0.15) is 18.2 Å². The summed E-state index contributed by atoms with van der Waals surface area (Å²) in [4.78, 5) is 11.0. The molecule has 2 saturated heterocycles. The molecular weight excluding hydrogens is 467 g/mol. The third-order valence-electron chi connectivity index (χ3n) is 4.57. The molecule has 2 aliphatic heterocycles. The van der Waals surface area contributed by atoms with E-state index in [2.05, 4.69) is 39.6 Å². The van der Waals surface area contributed by atoms with E-state index in [9.17, 15) is 5.11 Å². The fourth-order valence-electron chi connectivity index (χ4n) is 3.11. The Morgan fingerprint density at radius 3 is 2.76 bits per heavy atom. The first kappa shape index (κ1) is 21.3. The Morgan fingerprint density at radius 1 is 1.36 bits per heavy atom. The lowest BCUT2D eigenvalue weighted by Crippen LogP contribution is -2.52. The van der Waals surface area contributed by atoms with Crippen LogP contribution in [0, 0.1) is 0 Å². The monoisotopic (exact) mass is 496 g/mol. The zero-order valence-electron chi connectivity index (χ0n) is 14.8. The Bertz CT molecular complexity index is 527. The number of aliphatic imine (C=N–C) groups is 1. The van der Waals surface area contributed by atoms with E-state index in [0.29, 0.717) is 6.54 Å². The van der Waals surface area contributed by atoms with Crippen LogP contribution in [0.15, 0.2) is 22.5 Å². The quantitative estimate of drug-likeness (QED) is 0.373. The summed E-state index contributed by atoms with van der Waals surface area (Å²) in [7, 11) is 0. The smallest absolute Gasteiger partial charge is 0.194 e. The highest BCUT2D eigenvalue weighted by Gasteiger charge is 2.32. The molecule has 8 heteroatoms. The highest BCUT2D eigenvalue weighted by molar-refractivity contribution is 14.0. The number of guanidine groups is 1. The number of nitrogens with zero attached hydrogens (tertiary/aromatic N) is 3. The van der Waals surface area contributed by atoms with E-state index in [-0.39, 0.29) is 24.0 Å². The molecule has 1 unspecified atom stereocenters. The number of nitrogens with one attached hydrogen (secondary N) is 1. The van der Waals surface area contributed by atoms with Gasteiger partial charge in [0, 0.05) is 49.9 Å². The maximum Gasteiger partial charge on any atom is 0.194 e. The highest BCUT2D eigenvalue weighted by Crippen LogP contribution is 2.28. The Morgan fingerprint density at radius 2 is 2.16 bits per heavy atom. The molecule has 0 saturated carbocycles. The van der Waals surface area contributed by atoms with Crippen molar-refractivity contribution in [1.82, 2.24) is 15.1 Å². The average molecular weight is 496 g/mol. The third kappa shape index (κ3) is 6.27. The summed E-state index contributed by atoms with van der Waals surface area (Å²) in [6, 6.07) is 4.33. The van der Waals surface area contributed by atoms with Gasteiger partial charge in [-0.15, -0.1) is 35.3 Å². The van der Waals surface area contributed by atoms with Crippen LogP contribution in [0.25, 0.3) is 0 Å². The van der Waals surface area contributed by atoms with E-state index in [4.69, 9.17) is 4.99 Å². The van der Waals surface area contributed by atoms with Gasteiger partial charge in [-0.2, -0.15) is 11.8 Å². The molecule has 0 spiro atoms. The minimum atomic E-state index is -0.605. The number of piperazine rings is 1. The normalized spacial score (nSPS) is 25.0. The maximum absolute atomic E-state index is 10.5. The lowest BCUT2D eigenvalue weighted by molar-refractivity contribution is 0.0773. The summed E-state index contributed by atoms with van der Waals surface area (Å²) in [5, 5.41) is 16.1. The highest BCUT2D eigenvalue weighted by atomic mass is 127. The summed E-state index contributed by atoms with van der Waals surface area (Å²) in [5.41, 5.74) is -0.605. The van der Waals surface area contributed by atoms with Gasteiger partial charge in [-0.1, -0.05) is 6.07 Å². The molecule has 0 amide bonds. The van der Waals surface area contributed by atoms with Crippen LogP contribution in [-0.2, 0) is 6.54 Å². The van der Waals surface area contributed by atoms with Gasteiger partial charge >= 0.3 is 0 Å². The fourth-order valence-corrected chi connectivity index (χ4v) is 5.14. The molecular formula is C17H29IN4OS2. The van der Waals surface area contributed by atoms with Crippen LogP contribution in [0.4, 0.5) is 0 Å². The maximum atomic E-state index is 10.5. The number of aliphatic hydroxyl groups is 1. The number of thiophene rings is 1. The summed E-state index contributed by atoms with van der Waals surface area (Å²) in [5.74, 6) is 2.81. The molecule has 2 N–H and O–H groups in total. The Labute approximate surface area is 176 Å². The molecule has 0 aliphatic carbocycles. The van der Waals surface area contributed by atoms with Crippen LogP contribution >= 0.6 is 47.1 Å². The van der Waals surface area contributed by atoms with E-state index in [1.165, 1.54) is 4.88 Å². The van der Waals surface area contributed by atoms with Crippen molar-refractivity contribution in [2.24, 2.45) is 4.99 Å². The van der Waals surface area contributed by atoms with Crippen LogP contribution in [0.3, 0.4) is 0 Å². The van der Waals surface area contributed by atoms with Crippen molar-refractivity contribution < 1.29 is 5.11 Å². The second-order valence-electron chi connectivity index (χ2n) is 6.54. The Balaban J connectivity index is 0.00000225. The molecule has 25 heavy (non-hydrogen) atoms. The predicted octanol–water partition coefficient (Wildman–Crippen LogP) is 2.32. The fraction of sp³-hybridized carbons (Fsp3) is 0.706. The van der Waals surface area contributed by atoms with Gasteiger partial charge in [-0.25, -0.2) is 0 Å².